The van der Waals surface area contributed by atoms with Crippen molar-refractivity contribution < 1.29 is 19.8 Å². The molecule has 0 saturated heterocycles. The topological polar surface area (TPSA) is 86.6 Å². The van der Waals surface area contributed by atoms with E-state index in [1.165, 1.54) is 0 Å². The summed E-state index contributed by atoms with van der Waals surface area (Å²) in [6.45, 7) is 1.74. The second kappa shape index (κ2) is 7.40. The van der Waals surface area contributed by atoms with Crippen LogP contribution in [0.1, 0.15) is 44.2 Å². The Labute approximate surface area is 130 Å². The summed E-state index contributed by atoms with van der Waals surface area (Å²) in [5.74, 6) is -1.96. The van der Waals surface area contributed by atoms with Crippen LogP contribution in [0.2, 0.25) is 0 Å². The summed E-state index contributed by atoms with van der Waals surface area (Å²) in [5.41, 5.74) is 0.725. The van der Waals surface area contributed by atoms with Gasteiger partial charge in [0.1, 0.15) is 6.04 Å². The van der Waals surface area contributed by atoms with Crippen molar-refractivity contribution in [2.75, 3.05) is 0 Å². The second-order valence-electron chi connectivity index (χ2n) is 6.10. The maximum Gasteiger partial charge on any atom is 0.325 e. The molecule has 22 heavy (non-hydrogen) atoms. The number of carbonyl (C=O) groups is 2. The Hall–Kier alpha value is -1.88. The van der Waals surface area contributed by atoms with Crippen LogP contribution >= 0.6 is 0 Å². The van der Waals surface area contributed by atoms with E-state index in [-0.39, 0.29) is 17.9 Å². The van der Waals surface area contributed by atoms with Crippen LogP contribution in [0.25, 0.3) is 0 Å². The van der Waals surface area contributed by atoms with E-state index in [9.17, 15) is 14.7 Å². The first-order valence-electron chi connectivity index (χ1n) is 7.75. The van der Waals surface area contributed by atoms with Crippen molar-refractivity contribution in [3.05, 3.63) is 35.9 Å². The van der Waals surface area contributed by atoms with E-state index in [0.29, 0.717) is 6.42 Å². The molecule has 5 nitrogen and oxygen atoms in total. The van der Waals surface area contributed by atoms with Gasteiger partial charge in [0.15, 0.2) is 0 Å². The van der Waals surface area contributed by atoms with Gasteiger partial charge in [-0.2, -0.15) is 0 Å². The molecule has 1 aromatic rings. The Balaban J connectivity index is 2.04. The van der Waals surface area contributed by atoms with Gasteiger partial charge in [0.2, 0.25) is 0 Å². The SMILES string of the molecule is CC(C(=O)O)C1CCCC(NC(C(=O)O)c2ccccc2)C1. The maximum absolute atomic E-state index is 11.5. The van der Waals surface area contributed by atoms with Crippen molar-refractivity contribution in [1.82, 2.24) is 5.32 Å². The summed E-state index contributed by atoms with van der Waals surface area (Å²) in [4.78, 5) is 22.7. The first kappa shape index (κ1) is 16.5. The van der Waals surface area contributed by atoms with Gasteiger partial charge in [-0.05, 0) is 30.7 Å². The Morgan fingerprint density at radius 3 is 2.41 bits per heavy atom. The molecule has 0 heterocycles. The summed E-state index contributed by atoms with van der Waals surface area (Å²) in [5, 5.41) is 21.8. The number of benzene rings is 1. The molecule has 1 fully saturated rings. The Morgan fingerprint density at radius 2 is 1.82 bits per heavy atom. The highest BCUT2D eigenvalue weighted by atomic mass is 16.4. The van der Waals surface area contributed by atoms with Crippen molar-refractivity contribution in [2.24, 2.45) is 11.8 Å². The highest BCUT2D eigenvalue weighted by Gasteiger charge is 2.32. The van der Waals surface area contributed by atoms with Crippen molar-refractivity contribution in [3.8, 4) is 0 Å². The monoisotopic (exact) mass is 305 g/mol. The third-order valence-corrected chi connectivity index (χ3v) is 4.59. The van der Waals surface area contributed by atoms with Crippen molar-refractivity contribution in [2.45, 2.75) is 44.7 Å². The van der Waals surface area contributed by atoms with Crippen molar-refractivity contribution in [3.63, 3.8) is 0 Å². The number of nitrogens with one attached hydrogen (secondary N) is 1. The molecular weight excluding hydrogens is 282 g/mol. The molecule has 4 atom stereocenters. The van der Waals surface area contributed by atoms with Crippen LogP contribution < -0.4 is 5.32 Å². The lowest BCUT2D eigenvalue weighted by Crippen LogP contribution is -2.41. The van der Waals surface area contributed by atoms with Crippen LogP contribution in [-0.2, 0) is 9.59 Å². The van der Waals surface area contributed by atoms with Gasteiger partial charge in [-0.1, -0.05) is 43.7 Å². The van der Waals surface area contributed by atoms with E-state index in [1.54, 1.807) is 19.1 Å². The van der Waals surface area contributed by atoms with E-state index >= 15 is 0 Å². The molecule has 1 saturated carbocycles. The predicted octanol–water partition coefficient (Wildman–Crippen LogP) is 2.68. The van der Waals surface area contributed by atoms with E-state index in [2.05, 4.69) is 5.32 Å². The van der Waals surface area contributed by atoms with Crippen LogP contribution in [-0.4, -0.2) is 28.2 Å². The largest absolute Gasteiger partial charge is 0.481 e. The fourth-order valence-electron chi connectivity index (χ4n) is 3.23. The van der Waals surface area contributed by atoms with Gasteiger partial charge in [0.05, 0.1) is 5.92 Å². The number of rotatable bonds is 6. The van der Waals surface area contributed by atoms with Gasteiger partial charge in [-0.15, -0.1) is 0 Å². The van der Waals surface area contributed by atoms with Crippen molar-refractivity contribution in [1.29, 1.82) is 0 Å². The van der Waals surface area contributed by atoms with Crippen LogP contribution in [0.4, 0.5) is 0 Å². The lowest BCUT2D eigenvalue weighted by Gasteiger charge is -2.33. The molecule has 5 heteroatoms. The van der Waals surface area contributed by atoms with Gasteiger partial charge in [0.25, 0.3) is 0 Å². The van der Waals surface area contributed by atoms with E-state index in [0.717, 1.165) is 24.8 Å². The average Bonchev–Trinajstić information content (AvgIpc) is 2.52. The Kier molecular flexibility index (Phi) is 5.55. The molecule has 1 aliphatic rings. The summed E-state index contributed by atoms with van der Waals surface area (Å²) in [6.07, 6.45) is 3.43. The number of aliphatic carboxylic acids is 2. The molecule has 4 unspecified atom stereocenters. The quantitative estimate of drug-likeness (QED) is 0.752. The van der Waals surface area contributed by atoms with E-state index in [1.807, 2.05) is 18.2 Å². The minimum Gasteiger partial charge on any atom is -0.481 e. The molecule has 0 aliphatic heterocycles. The average molecular weight is 305 g/mol. The number of hydrogen-bond acceptors (Lipinski definition) is 3. The van der Waals surface area contributed by atoms with Crippen LogP contribution in [0.5, 0.6) is 0 Å². The van der Waals surface area contributed by atoms with Gasteiger partial charge in [-0.3, -0.25) is 14.9 Å². The molecule has 0 spiro atoms. The fraction of sp³-hybridized carbons (Fsp3) is 0.529. The van der Waals surface area contributed by atoms with Gasteiger partial charge in [0, 0.05) is 6.04 Å². The molecule has 3 N–H and O–H groups in total. The highest BCUT2D eigenvalue weighted by Crippen LogP contribution is 2.31. The molecule has 1 aromatic carbocycles. The molecule has 2 rings (SSSR count). The Morgan fingerprint density at radius 1 is 1.14 bits per heavy atom. The number of hydrogen-bond donors (Lipinski definition) is 3. The third-order valence-electron chi connectivity index (χ3n) is 4.59. The van der Waals surface area contributed by atoms with Gasteiger partial charge >= 0.3 is 11.9 Å². The molecule has 0 aromatic heterocycles. The molecule has 0 bridgehead atoms. The predicted molar refractivity (Wildman–Crippen MR) is 82.5 cm³/mol. The minimum absolute atomic E-state index is 0.0434. The summed E-state index contributed by atoms with van der Waals surface area (Å²) >= 11 is 0. The van der Waals surface area contributed by atoms with Gasteiger partial charge < -0.3 is 10.2 Å². The molecule has 0 amide bonds. The summed E-state index contributed by atoms with van der Waals surface area (Å²) in [6, 6.07) is 8.39. The minimum atomic E-state index is -0.903. The normalized spacial score (nSPS) is 24.4. The maximum atomic E-state index is 11.5. The first-order chi connectivity index (χ1) is 10.5. The lowest BCUT2D eigenvalue weighted by molar-refractivity contribution is -0.144. The third kappa shape index (κ3) is 4.07. The smallest absolute Gasteiger partial charge is 0.325 e. The first-order valence-corrected chi connectivity index (χ1v) is 7.75. The molecule has 120 valence electrons. The number of carboxylic acid groups (broad SMARTS) is 2. The summed E-state index contributed by atoms with van der Waals surface area (Å²) < 4.78 is 0. The highest BCUT2D eigenvalue weighted by molar-refractivity contribution is 5.75. The fourth-order valence-corrected chi connectivity index (χ4v) is 3.23. The Bertz CT molecular complexity index is 517. The molecule has 0 radical (unpaired) electrons. The molecular formula is C17H23NO4. The zero-order chi connectivity index (χ0) is 16.1. The van der Waals surface area contributed by atoms with Crippen LogP contribution in [0.15, 0.2) is 30.3 Å². The van der Waals surface area contributed by atoms with Gasteiger partial charge in [-0.25, -0.2) is 0 Å². The number of carboxylic acids is 2. The standard InChI is InChI=1S/C17H23NO4/c1-11(16(19)20)13-8-5-9-14(10-13)18-15(17(21)22)12-6-3-2-4-7-12/h2-4,6-7,11,13-15,18H,5,8-10H2,1H3,(H,19,20)(H,21,22). The summed E-state index contributed by atoms with van der Waals surface area (Å²) in [7, 11) is 0. The van der Waals surface area contributed by atoms with E-state index in [4.69, 9.17) is 5.11 Å². The van der Waals surface area contributed by atoms with Crippen LogP contribution in [0, 0.1) is 11.8 Å². The zero-order valence-electron chi connectivity index (χ0n) is 12.7. The van der Waals surface area contributed by atoms with Crippen LogP contribution in [0.3, 0.4) is 0 Å². The van der Waals surface area contributed by atoms with Crippen molar-refractivity contribution >= 4 is 11.9 Å². The lowest BCUT2D eigenvalue weighted by atomic mass is 9.78. The second-order valence-corrected chi connectivity index (χ2v) is 6.10. The molecule has 1 aliphatic carbocycles. The zero-order valence-corrected chi connectivity index (χ0v) is 12.7. The van der Waals surface area contributed by atoms with E-state index < -0.39 is 18.0 Å².